The average molecular weight is 343 g/mol. The second kappa shape index (κ2) is 6.78. The molecule has 134 valence electrons. The lowest BCUT2D eigenvalue weighted by Gasteiger charge is -2.23. The molecule has 0 spiro atoms. The first-order chi connectivity index (χ1) is 11.9. The zero-order valence-electron chi connectivity index (χ0n) is 15.2. The van der Waals surface area contributed by atoms with Gasteiger partial charge in [0.1, 0.15) is 11.6 Å². The Hall–Kier alpha value is -2.51. The van der Waals surface area contributed by atoms with Crippen molar-refractivity contribution in [1.82, 2.24) is 30.0 Å². The fourth-order valence-electron chi connectivity index (χ4n) is 2.79. The van der Waals surface area contributed by atoms with Crippen LogP contribution in [0, 0.1) is 0 Å². The van der Waals surface area contributed by atoms with Crippen LogP contribution in [0.25, 0.3) is 0 Å². The minimum Gasteiger partial charge on any atom is -0.328 e. The van der Waals surface area contributed by atoms with E-state index in [1.807, 2.05) is 32.4 Å². The van der Waals surface area contributed by atoms with Crippen molar-refractivity contribution >= 4 is 11.7 Å². The average Bonchev–Trinajstić information content (AvgIpc) is 2.99. The van der Waals surface area contributed by atoms with Gasteiger partial charge in [0.15, 0.2) is 5.82 Å². The molecule has 0 radical (unpaired) electrons. The van der Waals surface area contributed by atoms with Crippen LogP contribution in [0.1, 0.15) is 64.1 Å². The fourth-order valence-corrected chi connectivity index (χ4v) is 2.79. The van der Waals surface area contributed by atoms with E-state index in [1.54, 1.807) is 12.4 Å². The third kappa shape index (κ3) is 3.94. The van der Waals surface area contributed by atoms with Gasteiger partial charge in [0.2, 0.25) is 0 Å². The summed E-state index contributed by atoms with van der Waals surface area (Å²) >= 11 is 0. The Morgan fingerprint density at radius 2 is 2.04 bits per heavy atom. The summed E-state index contributed by atoms with van der Waals surface area (Å²) in [4.78, 5) is 25.5. The predicted molar refractivity (Wildman–Crippen MR) is 94.3 cm³/mol. The van der Waals surface area contributed by atoms with Crippen LogP contribution in [0.5, 0.6) is 0 Å². The van der Waals surface area contributed by atoms with Gasteiger partial charge in [-0.15, -0.1) is 0 Å². The second-order valence-electron chi connectivity index (χ2n) is 7.30. The van der Waals surface area contributed by atoms with E-state index < -0.39 is 0 Å². The molecule has 8 heteroatoms. The van der Waals surface area contributed by atoms with Gasteiger partial charge in [0, 0.05) is 18.4 Å². The summed E-state index contributed by atoms with van der Waals surface area (Å²) in [5, 5.41) is 10.2. The Morgan fingerprint density at radius 1 is 1.32 bits per heavy atom. The summed E-state index contributed by atoms with van der Waals surface area (Å²) in [5.74, 6) is 2.39. The first kappa shape index (κ1) is 17.3. The van der Waals surface area contributed by atoms with E-state index in [1.165, 1.54) is 0 Å². The molecular weight excluding hydrogens is 318 g/mol. The van der Waals surface area contributed by atoms with Crippen LogP contribution in [0.2, 0.25) is 0 Å². The molecule has 2 aromatic rings. The number of urea groups is 1. The molecule has 25 heavy (non-hydrogen) atoms. The molecule has 3 rings (SSSR count). The molecule has 2 aromatic heterocycles. The molecule has 0 fully saturated rings. The summed E-state index contributed by atoms with van der Waals surface area (Å²) in [5.41, 5.74) is 0.446. The lowest BCUT2D eigenvalue weighted by molar-refractivity contribution is 0.244. The van der Waals surface area contributed by atoms with Crippen LogP contribution < -0.4 is 10.6 Å². The molecule has 2 N–H and O–H groups in total. The van der Waals surface area contributed by atoms with Gasteiger partial charge < -0.3 is 10.6 Å². The molecule has 1 aliphatic rings. The molecule has 8 nitrogen and oxygen atoms in total. The first-order valence-corrected chi connectivity index (χ1v) is 8.70. The highest BCUT2D eigenvalue weighted by molar-refractivity contribution is 5.89. The summed E-state index contributed by atoms with van der Waals surface area (Å²) in [6.45, 7) is 9.02. The summed E-state index contributed by atoms with van der Waals surface area (Å²) in [7, 11) is 0. The Bertz CT molecular complexity index is 745. The van der Waals surface area contributed by atoms with Crippen molar-refractivity contribution in [3.05, 3.63) is 29.9 Å². The van der Waals surface area contributed by atoms with Crippen LogP contribution in [0.4, 0.5) is 10.5 Å². The molecule has 1 atom stereocenters. The van der Waals surface area contributed by atoms with E-state index in [2.05, 4.69) is 30.7 Å². The van der Waals surface area contributed by atoms with Crippen LogP contribution in [-0.4, -0.2) is 30.8 Å². The van der Waals surface area contributed by atoms with E-state index in [-0.39, 0.29) is 17.5 Å². The van der Waals surface area contributed by atoms with Gasteiger partial charge >= 0.3 is 6.03 Å². The van der Waals surface area contributed by atoms with Crippen molar-refractivity contribution in [1.29, 1.82) is 0 Å². The van der Waals surface area contributed by atoms with Crippen LogP contribution in [0.3, 0.4) is 0 Å². The standard InChI is InChI=1S/C17H25N7O/c1-5-13-22-14-12(7-6-8-24(14)23-13)21-16(25)20-11-9-18-15(19-10-11)17(2,3)4/h9-10,12H,5-8H2,1-4H3,(H2,20,21,25). The molecule has 0 saturated carbocycles. The van der Waals surface area contributed by atoms with Crippen molar-refractivity contribution in [2.75, 3.05) is 5.32 Å². The largest absolute Gasteiger partial charge is 0.328 e. The zero-order valence-corrected chi connectivity index (χ0v) is 15.2. The number of fused-ring (bicyclic) bond motifs is 1. The van der Waals surface area contributed by atoms with Crippen molar-refractivity contribution in [3.8, 4) is 0 Å². The molecule has 1 unspecified atom stereocenters. The highest BCUT2D eigenvalue weighted by atomic mass is 16.2. The monoisotopic (exact) mass is 343 g/mol. The van der Waals surface area contributed by atoms with Gasteiger partial charge in [-0.3, -0.25) is 0 Å². The van der Waals surface area contributed by atoms with Gasteiger partial charge in [-0.1, -0.05) is 27.7 Å². The first-order valence-electron chi connectivity index (χ1n) is 8.70. The molecule has 0 bridgehead atoms. The van der Waals surface area contributed by atoms with Gasteiger partial charge in [0.05, 0.1) is 24.1 Å². The van der Waals surface area contributed by atoms with E-state index >= 15 is 0 Å². The van der Waals surface area contributed by atoms with Crippen LogP contribution in [0.15, 0.2) is 12.4 Å². The number of hydrogen-bond donors (Lipinski definition) is 2. The quantitative estimate of drug-likeness (QED) is 0.892. The smallest absolute Gasteiger partial charge is 0.319 e. The van der Waals surface area contributed by atoms with Gasteiger partial charge in [-0.05, 0) is 12.8 Å². The number of carbonyl (C=O) groups excluding carboxylic acids is 1. The zero-order chi connectivity index (χ0) is 18.0. The number of amides is 2. The Balaban J connectivity index is 1.65. The highest BCUT2D eigenvalue weighted by Crippen LogP contribution is 2.23. The normalized spacial score (nSPS) is 17.0. The maximum atomic E-state index is 12.3. The number of rotatable bonds is 3. The number of aryl methyl sites for hydroxylation is 2. The maximum absolute atomic E-state index is 12.3. The Morgan fingerprint density at radius 3 is 2.68 bits per heavy atom. The highest BCUT2D eigenvalue weighted by Gasteiger charge is 2.25. The fraction of sp³-hybridized carbons (Fsp3) is 0.588. The van der Waals surface area contributed by atoms with Crippen LogP contribution in [-0.2, 0) is 18.4 Å². The number of hydrogen-bond acceptors (Lipinski definition) is 5. The molecular formula is C17H25N7O. The van der Waals surface area contributed by atoms with Gasteiger partial charge in [-0.25, -0.2) is 24.4 Å². The maximum Gasteiger partial charge on any atom is 0.319 e. The van der Waals surface area contributed by atoms with E-state index in [9.17, 15) is 4.79 Å². The third-order valence-electron chi connectivity index (χ3n) is 4.12. The summed E-state index contributed by atoms with van der Waals surface area (Å²) < 4.78 is 1.90. The molecule has 0 aliphatic carbocycles. The lowest BCUT2D eigenvalue weighted by atomic mass is 9.96. The second-order valence-corrected chi connectivity index (χ2v) is 7.30. The van der Waals surface area contributed by atoms with Crippen LogP contribution >= 0.6 is 0 Å². The van der Waals surface area contributed by atoms with Gasteiger partial charge in [0.25, 0.3) is 0 Å². The molecule has 3 heterocycles. The van der Waals surface area contributed by atoms with E-state index in [4.69, 9.17) is 0 Å². The number of aromatic nitrogens is 5. The van der Waals surface area contributed by atoms with Crippen molar-refractivity contribution < 1.29 is 4.79 Å². The lowest BCUT2D eigenvalue weighted by Crippen LogP contribution is -2.36. The minimum atomic E-state index is -0.286. The summed E-state index contributed by atoms with van der Waals surface area (Å²) in [6, 6.07) is -0.414. The summed E-state index contributed by atoms with van der Waals surface area (Å²) in [6.07, 6.45) is 5.87. The Labute approximate surface area is 147 Å². The van der Waals surface area contributed by atoms with Crippen molar-refractivity contribution in [2.24, 2.45) is 0 Å². The molecule has 1 aliphatic heterocycles. The predicted octanol–water partition coefficient (Wildman–Crippen LogP) is 2.58. The Kier molecular flexibility index (Phi) is 4.69. The van der Waals surface area contributed by atoms with Crippen molar-refractivity contribution in [3.63, 3.8) is 0 Å². The molecule has 0 aromatic carbocycles. The topological polar surface area (TPSA) is 97.6 Å². The number of nitrogens with zero attached hydrogens (tertiary/aromatic N) is 5. The van der Waals surface area contributed by atoms with E-state index in [0.29, 0.717) is 5.69 Å². The minimum absolute atomic E-state index is 0.121. The molecule has 0 saturated heterocycles. The number of carbonyl (C=O) groups is 1. The SMILES string of the molecule is CCc1nc2n(n1)CCCC2NC(=O)Nc1cnc(C(C)(C)C)nc1. The van der Waals surface area contributed by atoms with Gasteiger partial charge in [-0.2, -0.15) is 5.10 Å². The van der Waals surface area contributed by atoms with Crippen molar-refractivity contribution in [2.45, 2.75) is 65.0 Å². The third-order valence-corrected chi connectivity index (χ3v) is 4.12. The number of nitrogens with one attached hydrogen (secondary N) is 2. The molecule has 2 amide bonds. The number of anilines is 1. The van der Waals surface area contributed by atoms with E-state index in [0.717, 1.165) is 43.3 Å².